The van der Waals surface area contributed by atoms with Gasteiger partial charge in [0.1, 0.15) is 12.4 Å². The first kappa shape index (κ1) is 21.8. The van der Waals surface area contributed by atoms with E-state index in [9.17, 15) is 0 Å². The van der Waals surface area contributed by atoms with Crippen LogP contribution >= 0.6 is 35.7 Å². The van der Waals surface area contributed by atoms with Crippen LogP contribution in [0.1, 0.15) is 30.2 Å². The highest BCUT2D eigenvalue weighted by molar-refractivity contribution is 14.0. The van der Waals surface area contributed by atoms with Gasteiger partial charge in [0.15, 0.2) is 11.8 Å². The Labute approximate surface area is 171 Å². The van der Waals surface area contributed by atoms with Crippen molar-refractivity contribution >= 4 is 41.7 Å². The van der Waals surface area contributed by atoms with Crippen LogP contribution in [-0.2, 0) is 13.6 Å². The molecule has 1 aromatic carbocycles. The molecule has 0 bridgehead atoms. The predicted octanol–water partition coefficient (Wildman–Crippen LogP) is 2.90. The Bertz CT molecular complexity index is 658. The van der Waals surface area contributed by atoms with E-state index in [2.05, 4.69) is 51.1 Å². The molecule has 2 rings (SSSR count). The molecule has 138 valence electrons. The van der Waals surface area contributed by atoms with Gasteiger partial charge in [-0.05, 0) is 25.7 Å². The van der Waals surface area contributed by atoms with Crippen LogP contribution in [0.25, 0.3) is 0 Å². The minimum atomic E-state index is 0. The van der Waals surface area contributed by atoms with Crippen molar-refractivity contribution in [3.8, 4) is 0 Å². The summed E-state index contributed by atoms with van der Waals surface area (Å²) in [7, 11) is 1.96. The minimum absolute atomic E-state index is 0. The molecule has 0 saturated carbocycles. The summed E-state index contributed by atoms with van der Waals surface area (Å²) in [5.41, 5.74) is 1.23. The maximum atomic E-state index is 4.67. The fraction of sp³-hybridized carbons (Fsp3) is 0.471. The number of nitrogens with one attached hydrogen (secondary N) is 2. The summed E-state index contributed by atoms with van der Waals surface area (Å²) in [6.07, 6.45) is 2.10. The van der Waals surface area contributed by atoms with E-state index >= 15 is 0 Å². The Morgan fingerprint density at radius 3 is 2.60 bits per heavy atom. The molecule has 1 unspecified atom stereocenters. The van der Waals surface area contributed by atoms with Gasteiger partial charge in [0.05, 0.1) is 6.04 Å². The van der Waals surface area contributed by atoms with Gasteiger partial charge in [0, 0.05) is 19.3 Å². The van der Waals surface area contributed by atoms with Crippen LogP contribution < -0.4 is 10.6 Å². The standard InChI is InChI=1S/C17H26N6S.HI/c1-13(15-8-6-5-7-9-15)20-17(18-10-11-24-4)19-12-16-22-21-14(2)23(16)3;/h5-9,13H,10-12H2,1-4H3,(H2,18,19,20);1H. The molecular formula is C17H27IN6S. The van der Waals surface area contributed by atoms with E-state index < -0.39 is 0 Å². The quantitative estimate of drug-likeness (QED) is 0.280. The summed E-state index contributed by atoms with van der Waals surface area (Å²) in [5.74, 6) is 3.57. The molecule has 2 aromatic rings. The lowest BCUT2D eigenvalue weighted by molar-refractivity contribution is 0.682. The van der Waals surface area contributed by atoms with Gasteiger partial charge in [-0.15, -0.1) is 34.2 Å². The van der Waals surface area contributed by atoms with Crippen molar-refractivity contribution in [2.75, 3.05) is 18.6 Å². The number of guanidine groups is 1. The number of nitrogens with zero attached hydrogens (tertiary/aromatic N) is 4. The van der Waals surface area contributed by atoms with E-state index in [1.54, 1.807) is 0 Å². The number of aromatic nitrogens is 3. The molecule has 0 aliphatic rings. The summed E-state index contributed by atoms with van der Waals surface area (Å²) in [5, 5.41) is 15.1. The third-order valence-electron chi connectivity index (χ3n) is 3.81. The monoisotopic (exact) mass is 474 g/mol. The van der Waals surface area contributed by atoms with Gasteiger partial charge in [-0.3, -0.25) is 0 Å². The SMILES string of the molecule is CSCCNC(=NCc1nnc(C)n1C)NC(C)c1ccccc1.I. The average molecular weight is 474 g/mol. The third kappa shape index (κ3) is 6.85. The fourth-order valence-corrected chi connectivity index (χ4v) is 2.50. The molecular weight excluding hydrogens is 447 g/mol. The molecule has 0 saturated heterocycles. The maximum Gasteiger partial charge on any atom is 0.192 e. The van der Waals surface area contributed by atoms with Gasteiger partial charge >= 0.3 is 0 Å². The Hall–Kier alpha value is -1.29. The van der Waals surface area contributed by atoms with Crippen LogP contribution in [0.15, 0.2) is 35.3 Å². The number of halogens is 1. The number of thioether (sulfide) groups is 1. The molecule has 0 radical (unpaired) electrons. The Morgan fingerprint density at radius 1 is 1.28 bits per heavy atom. The normalized spacial score (nSPS) is 12.4. The van der Waals surface area contributed by atoms with Crippen LogP contribution in [0.5, 0.6) is 0 Å². The van der Waals surface area contributed by atoms with Gasteiger partial charge < -0.3 is 15.2 Å². The zero-order chi connectivity index (χ0) is 17.4. The highest BCUT2D eigenvalue weighted by Crippen LogP contribution is 2.11. The molecule has 0 amide bonds. The Morgan fingerprint density at radius 2 is 2.00 bits per heavy atom. The van der Waals surface area contributed by atoms with Crippen LogP contribution in [0.4, 0.5) is 0 Å². The van der Waals surface area contributed by atoms with Gasteiger partial charge in [-0.1, -0.05) is 30.3 Å². The summed E-state index contributed by atoms with van der Waals surface area (Å²) < 4.78 is 1.96. The van der Waals surface area contributed by atoms with E-state index in [0.29, 0.717) is 6.54 Å². The lowest BCUT2D eigenvalue weighted by Crippen LogP contribution is -2.40. The van der Waals surface area contributed by atoms with E-state index in [-0.39, 0.29) is 30.0 Å². The Kier molecular flexibility index (Phi) is 9.88. The topological polar surface area (TPSA) is 67.1 Å². The first-order valence-corrected chi connectivity index (χ1v) is 9.44. The molecule has 2 N–H and O–H groups in total. The van der Waals surface area contributed by atoms with Crippen molar-refractivity contribution in [1.29, 1.82) is 0 Å². The number of aryl methyl sites for hydroxylation is 1. The second-order valence-electron chi connectivity index (χ2n) is 5.58. The van der Waals surface area contributed by atoms with Crippen molar-refractivity contribution in [3.63, 3.8) is 0 Å². The zero-order valence-corrected chi connectivity index (χ0v) is 18.3. The van der Waals surface area contributed by atoms with E-state index in [4.69, 9.17) is 0 Å². The van der Waals surface area contributed by atoms with Gasteiger partial charge in [0.25, 0.3) is 0 Å². The second-order valence-corrected chi connectivity index (χ2v) is 6.57. The minimum Gasteiger partial charge on any atom is -0.356 e. The zero-order valence-electron chi connectivity index (χ0n) is 15.2. The largest absolute Gasteiger partial charge is 0.356 e. The van der Waals surface area contributed by atoms with Crippen molar-refractivity contribution in [1.82, 2.24) is 25.4 Å². The summed E-state index contributed by atoms with van der Waals surface area (Å²) in [6.45, 7) is 5.43. The predicted molar refractivity (Wildman–Crippen MR) is 117 cm³/mol. The van der Waals surface area contributed by atoms with Gasteiger partial charge in [0.2, 0.25) is 0 Å². The number of hydrogen-bond acceptors (Lipinski definition) is 4. The van der Waals surface area contributed by atoms with Crippen molar-refractivity contribution < 1.29 is 0 Å². The number of rotatable bonds is 7. The van der Waals surface area contributed by atoms with E-state index in [1.807, 2.05) is 48.5 Å². The highest BCUT2D eigenvalue weighted by atomic mass is 127. The Balaban J connectivity index is 0.00000312. The first-order chi connectivity index (χ1) is 11.6. The average Bonchev–Trinajstić information content (AvgIpc) is 2.92. The first-order valence-electron chi connectivity index (χ1n) is 8.05. The van der Waals surface area contributed by atoms with Gasteiger partial charge in [-0.2, -0.15) is 11.8 Å². The molecule has 8 heteroatoms. The molecule has 25 heavy (non-hydrogen) atoms. The van der Waals surface area contributed by atoms with Crippen LogP contribution in [0.3, 0.4) is 0 Å². The molecule has 6 nitrogen and oxygen atoms in total. The number of benzene rings is 1. The fourth-order valence-electron chi connectivity index (χ4n) is 2.19. The highest BCUT2D eigenvalue weighted by Gasteiger charge is 2.09. The number of hydrogen-bond donors (Lipinski definition) is 2. The molecule has 0 spiro atoms. The van der Waals surface area contributed by atoms with Crippen molar-refractivity contribution in [2.45, 2.75) is 26.4 Å². The lowest BCUT2D eigenvalue weighted by Gasteiger charge is -2.18. The smallest absolute Gasteiger partial charge is 0.192 e. The van der Waals surface area contributed by atoms with Crippen LogP contribution in [-0.4, -0.2) is 39.3 Å². The molecule has 1 atom stereocenters. The molecule has 0 fully saturated rings. The van der Waals surface area contributed by atoms with Crippen LogP contribution in [0.2, 0.25) is 0 Å². The molecule has 0 aliphatic carbocycles. The maximum absolute atomic E-state index is 4.67. The molecule has 0 aliphatic heterocycles. The summed E-state index contributed by atoms with van der Waals surface area (Å²) in [4.78, 5) is 4.67. The molecule has 1 heterocycles. The lowest BCUT2D eigenvalue weighted by atomic mass is 10.1. The second kappa shape index (κ2) is 11.3. The summed E-state index contributed by atoms with van der Waals surface area (Å²) in [6, 6.07) is 10.5. The molecule has 1 aromatic heterocycles. The number of aliphatic imine (C=N–C) groups is 1. The summed E-state index contributed by atoms with van der Waals surface area (Å²) >= 11 is 1.81. The van der Waals surface area contributed by atoms with Crippen molar-refractivity contribution in [2.24, 2.45) is 12.0 Å². The third-order valence-corrected chi connectivity index (χ3v) is 4.43. The van der Waals surface area contributed by atoms with Gasteiger partial charge in [-0.25, -0.2) is 4.99 Å². The van der Waals surface area contributed by atoms with E-state index in [0.717, 1.165) is 29.9 Å². The van der Waals surface area contributed by atoms with Crippen LogP contribution in [0, 0.1) is 6.92 Å². The van der Waals surface area contributed by atoms with E-state index in [1.165, 1.54) is 5.56 Å². The van der Waals surface area contributed by atoms with Crippen molar-refractivity contribution in [3.05, 3.63) is 47.5 Å².